The van der Waals surface area contributed by atoms with Gasteiger partial charge in [0.2, 0.25) is 0 Å². The van der Waals surface area contributed by atoms with Gasteiger partial charge in [-0.15, -0.1) is 0 Å². The maximum Gasteiger partial charge on any atom is 0.412 e. The first kappa shape index (κ1) is 23.9. The van der Waals surface area contributed by atoms with E-state index >= 15 is 0 Å². The fraction of sp³-hybridized carbons (Fsp3) is 0.625. The summed E-state index contributed by atoms with van der Waals surface area (Å²) in [7, 11) is 0. The number of nitrogens with zero attached hydrogens (tertiary/aromatic N) is 2. The lowest BCUT2D eigenvalue weighted by Gasteiger charge is -2.33. The second-order valence-electron chi connectivity index (χ2n) is 10.4. The maximum absolute atomic E-state index is 13.5. The summed E-state index contributed by atoms with van der Waals surface area (Å²) in [5.74, 6) is -0.470. The Morgan fingerprint density at radius 3 is 1.66 bits per heavy atom. The number of rotatable bonds is 2. The lowest BCUT2D eigenvalue weighted by molar-refractivity contribution is -0.125. The third-order valence-corrected chi connectivity index (χ3v) is 5.42. The fourth-order valence-corrected chi connectivity index (χ4v) is 4.32. The van der Waals surface area contributed by atoms with E-state index in [-0.39, 0.29) is 12.1 Å². The largest absolute Gasteiger partial charge is 0.444 e. The Morgan fingerprint density at radius 1 is 0.812 bits per heavy atom. The van der Waals surface area contributed by atoms with Gasteiger partial charge in [0.25, 0.3) is 5.91 Å². The van der Waals surface area contributed by atoms with Crippen LogP contribution >= 0.6 is 0 Å². The lowest BCUT2D eigenvalue weighted by Crippen LogP contribution is -2.54. The van der Waals surface area contributed by atoms with Gasteiger partial charge in [0.05, 0.1) is 12.1 Å². The predicted molar refractivity (Wildman–Crippen MR) is 121 cm³/mol. The van der Waals surface area contributed by atoms with Gasteiger partial charge in [-0.3, -0.25) is 14.6 Å². The van der Waals surface area contributed by atoms with Crippen molar-refractivity contribution in [3.63, 3.8) is 0 Å². The molecule has 0 bridgehead atoms. The zero-order valence-corrected chi connectivity index (χ0v) is 19.9. The highest BCUT2D eigenvalue weighted by atomic mass is 16.6. The molecule has 1 aromatic carbocycles. The molecule has 0 unspecified atom stereocenters. The number of carbonyl (C=O) groups is 3. The minimum absolute atomic E-state index is 0.308. The Kier molecular flexibility index (Phi) is 6.72. The van der Waals surface area contributed by atoms with Gasteiger partial charge in [0, 0.05) is 5.69 Å². The molecular formula is C24H35N3O5. The Hall–Kier alpha value is -2.77. The van der Waals surface area contributed by atoms with E-state index in [1.807, 2.05) is 6.07 Å². The summed E-state index contributed by atoms with van der Waals surface area (Å²) in [5, 5.41) is 2.85. The second-order valence-corrected chi connectivity index (χ2v) is 10.4. The molecule has 3 amide bonds. The highest BCUT2D eigenvalue weighted by Gasteiger charge is 2.56. The molecule has 2 fully saturated rings. The molecule has 8 nitrogen and oxygen atoms in total. The molecule has 1 aliphatic heterocycles. The molecule has 1 aliphatic carbocycles. The van der Waals surface area contributed by atoms with E-state index in [0.29, 0.717) is 18.5 Å². The first-order chi connectivity index (χ1) is 14.9. The standard InChI is InChI=1S/C24H35N3O5/c1-23(2,3)31-21(29)26-17-14-10-11-15-18(17)27(22(30)32-24(4,5)6)20(26)19(28)25-16-12-8-7-9-13-16/h7-9,12-13,17-18,20H,10-11,14-15H2,1-6H3,(H,25,28)/t17-,18-/m0/s1. The first-order valence-corrected chi connectivity index (χ1v) is 11.3. The van der Waals surface area contributed by atoms with E-state index in [1.165, 1.54) is 9.80 Å². The smallest absolute Gasteiger partial charge is 0.412 e. The van der Waals surface area contributed by atoms with Crippen molar-refractivity contribution >= 4 is 23.8 Å². The summed E-state index contributed by atoms with van der Waals surface area (Å²) in [6.45, 7) is 10.7. The van der Waals surface area contributed by atoms with E-state index in [4.69, 9.17) is 9.47 Å². The minimum atomic E-state index is -1.16. The van der Waals surface area contributed by atoms with Crippen molar-refractivity contribution < 1.29 is 23.9 Å². The van der Waals surface area contributed by atoms with E-state index in [9.17, 15) is 14.4 Å². The monoisotopic (exact) mass is 445 g/mol. The molecular weight excluding hydrogens is 410 g/mol. The van der Waals surface area contributed by atoms with Crippen molar-refractivity contribution in [2.24, 2.45) is 0 Å². The van der Waals surface area contributed by atoms with Crippen LogP contribution < -0.4 is 5.32 Å². The Morgan fingerprint density at radius 2 is 1.25 bits per heavy atom. The summed E-state index contributed by atoms with van der Waals surface area (Å²) in [6, 6.07) is 8.36. The molecule has 32 heavy (non-hydrogen) atoms. The number of hydrogen-bond acceptors (Lipinski definition) is 5. The van der Waals surface area contributed by atoms with Crippen molar-refractivity contribution in [1.29, 1.82) is 0 Å². The predicted octanol–water partition coefficient (Wildman–Crippen LogP) is 4.75. The molecule has 3 rings (SSSR count). The molecule has 0 aromatic heterocycles. The summed E-state index contributed by atoms with van der Waals surface area (Å²) in [5.41, 5.74) is -0.886. The zero-order valence-electron chi connectivity index (χ0n) is 19.9. The molecule has 1 N–H and O–H groups in total. The molecule has 0 spiro atoms. The minimum Gasteiger partial charge on any atom is -0.444 e. The number of amides is 3. The van der Waals surface area contributed by atoms with Crippen LogP contribution in [0.3, 0.4) is 0 Å². The summed E-state index contributed by atoms with van der Waals surface area (Å²) in [6.07, 6.45) is 0.845. The molecule has 0 radical (unpaired) electrons. The van der Waals surface area contributed by atoms with Crippen LogP contribution in [0.4, 0.5) is 15.3 Å². The third kappa shape index (κ3) is 5.53. The van der Waals surface area contributed by atoms with Crippen LogP contribution in [-0.2, 0) is 14.3 Å². The van der Waals surface area contributed by atoms with E-state index < -0.39 is 35.5 Å². The van der Waals surface area contributed by atoms with Crippen molar-refractivity contribution in [2.45, 2.75) is 96.7 Å². The molecule has 8 heteroatoms. The quantitative estimate of drug-likeness (QED) is 0.710. The molecule has 1 heterocycles. The van der Waals surface area contributed by atoms with Gasteiger partial charge in [0.15, 0.2) is 6.17 Å². The van der Waals surface area contributed by atoms with Gasteiger partial charge in [-0.25, -0.2) is 9.59 Å². The van der Waals surface area contributed by atoms with Crippen LogP contribution in [0.25, 0.3) is 0 Å². The number of hydrogen-bond donors (Lipinski definition) is 1. The van der Waals surface area contributed by atoms with Crippen molar-refractivity contribution in [3.8, 4) is 0 Å². The average molecular weight is 446 g/mol. The number of ether oxygens (including phenoxy) is 2. The van der Waals surface area contributed by atoms with Crippen molar-refractivity contribution in [2.75, 3.05) is 5.32 Å². The molecule has 1 saturated heterocycles. The number of carbonyl (C=O) groups excluding carboxylic acids is 3. The first-order valence-electron chi connectivity index (χ1n) is 11.3. The Bertz CT molecular complexity index is 799. The molecule has 2 aliphatic rings. The third-order valence-electron chi connectivity index (χ3n) is 5.42. The van der Waals surface area contributed by atoms with Crippen LogP contribution in [0.5, 0.6) is 0 Å². The second kappa shape index (κ2) is 9.00. The summed E-state index contributed by atoms with van der Waals surface area (Å²) >= 11 is 0. The van der Waals surface area contributed by atoms with Crippen LogP contribution in [0.2, 0.25) is 0 Å². The van der Waals surface area contributed by atoms with E-state index in [1.54, 1.807) is 65.8 Å². The highest BCUT2D eigenvalue weighted by molar-refractivity contribution is 5.98. The fourth-order valence-electron chi connectivity index (χ4n) is 4.32. The van der Waals surface area contributed by atoms with Gasteiger partial charge in [-0.1, -0.05) is 31.0 Å². The summed E-state index contributed by atoms with van der Waals surface area (Å²) in [4.78, 5) is 43.0. The van der Waals surface area contributed by atoms with Gasteiger partial charge in [-0.05, 0) is 66.5 Å². The number of benzene rings is 1. The SMILES string of the molecule is CC(C)(C)OC(=O)N1C(C(=O)Nc2ccccc2)N(C(=O)OC(C)(C)C)[C@H]2CCCC[C@@H]21. The number of anilines is 1. The highest BCUT2D eigenvalue weighted by Crippen LogP contribution is 2.39. The van der Waals surface area contributed by atoms with Gasteiger partial charge in [-0.2, -0.15) is 0 Å². The zero-order chi connectivity index (χ0) is 23.7. The molecule has 176 valence electrons. The van der Waals surface area contributed by atoms with Crippen molar-refractivity contribution in [1.82, 2.24) is 9.80 Å². The van der Waals surface area contributed by atoms with Gasteiger partial charge >= 0.3 is 12.2 Å². The van der Waals surface area contributed by atoms with E-state index in [2.05, 4.69) is 5.32 Å². The van der Waals surface area contributed by atoms with Gasteiger partial charge < -0.3 is 14.8 Å². The maximum atomic E-state index is 13.5. The van der Waals surface area contributed by atoms with Gasteiger partial charge in [0.1, 0.15) is 11.2 Å². The topological polar surface area (TPSA) is 88.2 Å². The molecule has 1 saturated carbocycles. The average Bonchev–Trinajstić information content (AvgIpc) is 3.02. The normalized spacial score (nSPS) is 21.7. The van der Waals surface area contributed by atoms with Crippen molar-refractivity contribution in [3.05, 3.63) is 30.3 Å². The lowest BCUT2D eigenvalue weighted by atomic mass is 9.90. The van der Waals surface area contributed by atoms with Crippen LogP contribution in [-0.4, -0.2) is 57.3 Å². The number of fused-ring (bicyclic) bond motifs is 1. The number of nitrogens with one attached hydrogen (secondary N) is 1. The van der Waals surface area contributed by atoms with Crippen LogP contribution in [0.15, 0.2) is 30.3 Å². The number of para-hydroxylation sites is 1. The summed E-state index contributed by atoms with van der Waals surface area (Å²) < 4.78 is 11.3. The van der Waals surface area contributed by atoms with Crippen LogP contribution in [0.1, 0.15) is 67.2 Å². The molecule has 2 atom stereocenters. The Balaban J connectivity index is 2.00. The van der Waals surface area contributed by atoms with Crippen LogP contribution in [0, 0.1) is 0 Å². The van der Waals surface area contributed by atoms with E-state index in [0.717, 1.165) is 12.8 Å². The molecule has 1 aromatic rings. The Labute approximate surface area is 190 Å².